The third kappa shape index (κ3) is 4.97. The van der Waals surface area contributed by atoms with Gasteiger partial charge >= 0.3 is 5.97 Å². The molecule has 0 bridgehead atoms. The maximum absolute atomic E-state index is 12.1. The molecule has 0 aromatic heterocycles. The van der Waals surface area contributed by atoms with Crippen molar-refractivity contribution in [1.82, 2.24) is 4.90 Å². The summed E-state index contributed by atoms with van der Waals surface area (Å²) in [6.45, 7) is -0.0371. The number of hydrogen-bond acceptors (Lipinski definition) is 4. The number of ether oxygens (including phenoxy) is 1. The first-order valence-corrected chi connectivity index (χ1v) is 8.18. The lowest BCUT2D eigenvalue weighted by Gasteiger charge is -2.17. The lowest BCUT2D eigenvalue weighted by Crippen LogP contribution is -2.30. The number of likely N-dealkylation sites (N-methyl/N-ethyl adjacent to an activating group) is 1. The van der Waals surface area contributed by atoms with Crippen LogP contribution in [0.4, 0.5) is 0 Å². The molecule has 1 N–H and O–H groups in total. The van der Waals surface area contributed by atoms with Crippen LogP contribution in [0.2, 0.25) is 5.02 Å². The molecule has 126 valence electrons. The SMILES string of the molecule is CN(Cc1ccc(Cl)cc1)C(=O)COC(=O)c1cc(Br)ccc1O. The van der Waals surface area contributed by atoms with Crippen LogP contribution in [-0.2, 0) is 16.1 Å². The van der Waals surface area contributed by atoms with E-state index in [1.807, 2.05) is 12.1 Å². The molecule has 0 aliphatic heterocycles. The molecule has 5 nitrogen and oxygen atoms in total. The van der Waals surface area contributed by atoms with E-state index >= 15 is 0 Å². The fourth-order valence-corrected chi connectivity index (χ4v) is 2.43. The number of nitrogens with zero attached hydrogens (tertiary/aromatic N) is 1. The summed E-state index contributed by atoms with van der Waals surface area (Å²) >= 11 is 9.02. The second-order valence-corrected chi connectivity index (χ2v) is 6.47. The zero-order valence-corrected chi connectivity index (χ0v) is 15.2. The Kier molecular flexibility index (Phi) is 6.23. The summed E-state index contributed by atoms with van der Waals surface area (Å²) in [5.41, 5.74) is 0.906. The Hall–Kier alpha value is -2.05. The van der Waals surface area contributed by atoms with E-state index in [1.165, 1.54) is 17.0 Å². The van der Waals surface area contributed by atoms with Crippen LogP contribution in [0.1, 0.15) is 15.9 Å². The van der Waals surface area contributed by atoms with Crippen molar-refractivity contribution in [2.45, 2.75) is 6.54 Å². The predicted molar refractivity (Wildman–Crippen MR) is 94.0 cm³/mol. The van der Waals surface area contributed by atoms with Gasteiger partial charge in [0, 0.05) is 23.1 Å². The lowest BCUT2D eigenvalue weighted by molar-refractivity contribution is -0.133. The van der Waals surface area contributed by atoms with E-state index in [1.54, 1.807) is 25.2 Å². The van der Waals surface area contributed by atoms with E-state index in [-0.39, 0.29) is 17.2 Å². The van der Waals surface area contributed by atoms with Crippen molar-refractivity contribution in [3.05, 3.63) is 63.1 Å². The van der Waals surface area contributed by atoms with Gasteiger partial charge in [0.25, 0.3) is 5.91 Å². The minimum Gasteiger partial charge on any atom is -0.507 e. The minimum absolute atomic E-state index is 0.00229. The Labute approximate surface area is 152 Å². The highest BCUT2D eigenvalue weighted by molar-refractivity contribution is 9.10. The van der Waals surface area contributed by atoms with Crippen LogP contribution in [0.3, 0.4) is 0 Å². The predicted octanol–water partition coefficient (Wildman–Crippen LogP) is 3.62. The molecule has 0 spiro atoms. The fourth-order valence-electron chi connectivity index (χ4n) is 1.94. The molecule has 0 saturated heterocycles. The maximum atomic E-state index is 12.1. The molecular weight excluding hydrogens is 398 g/mol. The molecule has 0 fully saturated rings. The van der Waals surface area contributed by atoms with Crippen molar-refractivity contribution in [3.63, 3.8) is 0 Å². The van der Waals surface area contributed by atoms with Crippen molar-refractivity contribution in [2.24, 2.45) is 0 Å². The van der Waals surface area contributed by atoms with Gasteiger partial charge in [-0.3, -0.25) is 4.79 Å². The molecule has 2 aromatic rings. The zero-order valence-electron chi connectivity index (χ0n) is 12.8. The molecular formula is C17H15BrClNO4. The Morgan fingerprint density at radius 2 is 1.88 bits per heavy atom. The van der Waals surface area contributed by atoms with Crippen LogP contribution < -0.4 is 0 Å². The number of halogens is 2. The Morgan fingerprint density at radius 1 is 1.21 bits per heavy atom. The van der Waals surface area contributed by atoms with E-state index in [0.29, 0.717) is 16.0 Å². The van der Waals surface area contributed by atoms with Gasteiger partial charge in [0.1, 0.15) is 11.3 Å². The second-order valence-electron chi connectivity index (χ2n) is 5.11. The summed E-state index contributed by atoms with van der Waals surface area (Å²) in [7, 11) is 1.61. The molecule has 2 aromatic carbocycles. The zero-order chi connectivity index (χ0) is 17.7. The van der Waals surface area contributed by atoms with Crippen LogP contribution in [-0.4, -0.2) is 35.5 Å². The van der Waals surface area contributed by atoms with E-state index < -0.39 is 12.6 Å². The molecule has 0 aliphatic carbocycles. The molecule has 0 unspecified atom stereocenters. The van der Waals surface area contributed by atoms with E-state index in [2.05, 4.69) is 15.9 Å². The summed E-state index contributed by atoms with van der Waals surface area (Å²) in [6.07, 6.45) is 0. The van der Waals surface area contributed by atoms with Crippen molar-refractivity contribution in [3.8, 4) is 5.75 Å². The number of phenolic OH excluding ortho intramolecular Hbond substituents is 1. The third-order valence-corrected chi connectivity index (χ3v) is 4.01. The number of aromatic hydroxyl groups is 1. The second kappa shape index (κ2) is 8.17. The third-order valence-electron chi connectivity index (χ3n) is 3.26. The molecule has 7 heteroatoms. The molecule has 0 aliphatic rings. The summed E-state index contributed by atoms with van der Waals surface area (Å²) < 4.78 is 5.60. The number of benzene rings is 2. The van der Waals surface area contributed by atoms with E-state index in [0.717, 1.165) is 5.56 Å². The highest BCUT2D eigenvalue weighted by Crippen LogP contribution is 2.22. The van der Waals surface area contributed by atoms with Crippen LogP contribution in [0.15, 0.2) is 46.9 Å². The maximum Gasteiger partial charge on any atom is 0.342 e. The number of phenols is 1. The van der Waals surface area contributed by atoms with Gasteiger partial charge in [-0.15, -0.1) is 0 Å². The first kappa shape index (κ1) is 18.3. The largest absolute Gasteiger partial charge is 0.507 e. The topological polar surface area (TPSA) is 66.8 Å². The van der Waals surface area contributed by atoms with Gasteiger partial charge in [0.15, 0.2) is 6.61 Å². The highest BCUT2D eigenvalue weighted by atomic mass is 79.9. The Bertz CT molecular complexity index is 749. The summed E-state index contributed by atoms with van der Waals surface area (Å²) in [5, 5.41) is 10.3. The van der Waals surface area contributed by atoms with Gasteiger partial charge in [-0.1, -0.05) is 39.7 Å². The van der Waals surface area contributed by atoms with Gasteiger partial charge in [-0.25, -0.2) is 4.79 Å². The normalized spacial score (nSPS) is 10.3. The smallest absolute Gasteiger partial charge is 0.342 e. The summed E-state index contributed by atoms with van der Waals surface area (Å²) in [4.78, 5) is 25.4. The number of hydrogen-bond donors (Lipinski definition) is 1. The van der Waals surface area contributed by atoms with Crippen LogP contribution in [0.5, 0.6) is 5.75 Å². The van der Waals surface area contributed by atoms with Gasteiger partial charge in [-0.05, 0) is 35.9 Å². The Balaban J connectivity index is 1.91. The number of esters is 1. The average molecular weight is 413 g/mol. The van der Waals surface area contributed by atoms with Gasteiger partial charge < -0.3 is 14.7 Å². The molecule has 0 atom stereocenters. The van der Waals surface area contributed by atoms with Crippen molar-refractivity contribution in [1.29, 1.82) is 0 Å². The van der Waals surface area contributed by atoms with E-state index in [4.69, 9.17) is 16.3 Å². The van der Waals surface area contributed by atoms with Gasteiger partial charge in [0.05, 0.1) is 0 Å². The minimum atomic E-state index is -0.762. The molecule has 1 amide bonds. The van der Waals surface area contributed by atoms with Crippen LogP contribution >= 0.6 is 27.5 Å². The first-order chi connectivity index (χ1) is 11.4. The van der Waals surface area contributed by atoms with Crippen molar-refractivity contribution < 1.29 is 19.4 Å². The highest BCUT2D eigenvalue weighted by Gasteiger charge is 2.17. The quantitative estimate of drug-likeness (QED) is 0.762. The molecule has 24 heavy (non-hydrogen) atoms. The molecule has 0 saturated carbocycles. The van der Waals surface area contributed by atoms with Gasteiger partial charge in [0.2, 0.25) is 0 Å². The van der Waals surface area contributed by atoms with Gasteiger partial charge in [-0.2, -0.15) is 0 Å². The van der Waals surface area contributed by atoms with Crippen LogP contribution in [0.25, 0.3) is 0 Å². The molecule has 2 rings (SSSR count). The lowest BCUT2D eigenvalue weighted by atomic mass is 10.2. The molecule has 0 radical (unpaired) electrons. The summed E-state index contributed by atoms with van der Waals surface area (Å²) in [5.74, 6) is -1.32. The van der Waals surface area contributed by atoms with Crippen LogP contribution in [0, 0.1) is 0 Å². The first-order valence-electron chi connectivity index (χ1n) is 7.01. The Morgan fingerprint density at radius 3 is 2.54 bits per heavy atom. The number of carbonyl (C=O) groups is 2. The van der Waals surface area contributed by atoms with E-state index in [9.17, 15) is 14.7 Å². The standard InChI is InChI=1S/C17H15BrClNO4/c1-20(9-11-2-5-13(19)6-3-11)16(22)10-24-17(23)14-8-12(18)4-7-15(14)21/h2-8,21H,9-10H2,1H3. The van der Waals surface area contributed by atoms with Crippen molar-refractivity contribution >= 4 is 39.4 Å². The number of carbonyl (C=O) groups excluding carboxylic acids is 2. The number of amides is 1. The molecule has 0 heterocycles. The summed E-state index contributed by atoms with van der Waals surface area (Å²) in [6, 6.07) is 11.5. The average Bonchev–Trinajstić information content (AvgIpc) is 2.56. The van der Waals surface area contributed by atoms with Crippen molar-refractivity contribution in [2.75, 3.05) is 13.7 Å². The number of rotatable bonds is 5. The monoisotopic (exact) mass is 411 g/mol. The fraction of sp³-hybridized carbons (Fsp3) is 0.176.